The summed E-state index contributed by atoms with van der Waals surface area (Å²) in [7, 11) is 0. The van der Waals surface area contributed by atoms with Crippen LogP contribution >= 0.6 is 0 Å². The van der Waals surface area contributed by atoms with Crippen LogP contribution in [0.15, 0.2) is 146 Å². The van der Waals surface area contributed by atoms with Crippen LogP contribution in [-0.2, 0) is 16.0 Å². The Bertz CT molecular complexity index is 1600. The molecule has 6 aromatic carbocycles. The van der Waals surface area contributed by atoms with Crippen LogP contribution < -0.4 is 0 Å². The summed E-state index contributed by atoms with van der Waals surface area (Å²) in [5.41, 5.74) is 4.03. The van der Waals surface area contributed by atoms with Gasteiger partial charge in [-0.25, -0.2) is 0 Å². The van der Waals surface area contributed by atoms with Gasteiger partial charge in [-0.3, -0.25) is 4.79 Å². The van der Waals surface area contributed by atoms with E-state index in [4.69, 9.17) is 4.74 Å². The Hall–Kier alpha value is -4.69. The minimum absolute atomic E-state index is 0.231. The van der Waals surface area contributed by atoms with Crippen LogP contribution in [0.5, 0.6) is 0 Å². The molecule has 1 atom stereocenters. The first-order chi connectivity index (χ1) is 18.8. The van der Waals surface area contributed by atoms with Gasteiger partial charge in [-0.05, 0) is 39.1 Å². The van der Waals surface area contributed by atoms with Crippen molar-refractivity contribution in [2.24, 2.45) is 0 Å². The van der Waals surface area contributed by atoms with Crippen LogP contribution in [0.2, 0.25) is 0 Å². The zero-order valence-electron chi connectivity index (χ0n) is 21.0. The average molecular weight is 493 g/mol. The van der Waals surface area contributed by atoms with Crippen LogP contribution in [0.4, 0.5) is 0 Å². The summed E-state index contributed by atoms with van der Waals surface area (Å²) in [4.78, 5) is 14.2. The molecule has 0 fully saturated rings. The first-order valence-corrected chi connectivity index (χ1v) is 13.0. The number of fused-ring (bicyclic) bond motifs is 2. The van der Waals surface area contributed by atoms with Gasteiger partial charge in [0.25, 0.3) is 0 Å². The van der Waals surface area contributed by atoms with Crippen LogP contribution in [0.1, 0.15) is 34.3 Å². The van der Waals surface area contributed by atoms with Crippen molar-refractivity contribution in [2.75, 3.05) is 0 Å². The van der Waals surface area contributed by atoms with Crippen molar-refractivity contribution in [3.8, 4) is 0 Å². The summed E-state index contributed by atoms with van der Waals surface area (Å²) in [6, 6.07) is 49.1. The molecule has 0 bridgehead atoms. The van der Waals surface area contributed by atoms with Gasteiger partial charge in [-0.2, -0.15) is 0 Å². The van der Waals surface area contributed by atoms with Gasteiger partial charge in [0.2, 0.25) is 0 Å². The van der Waals surface area contributed by atoms with Crippen LogP contribution in [0.25, 0.3) is 21.5 Å². The standard InChI is InChI=1S/C36H28O2/c37-36(34(29-15-5-2-6-16-29)25-26-13-3-1-4-14-26)38-35(32-23-11-19-27-17-7-9-21-30(27)32)33-24-12-20-28-18-8-10-22-31(28)33/h1-24,34-35H,25H2. The van der Waals surface area contributed by atoms with E-state index in [2.05, 4.69) is 60.7 Å². The van der Waals surface area contributed by atoms with Gasteiger partial charge < -0.3 is 4.74 Å². The number of hydrogen-bond donors (Lipinski definition) is 0. The number of carbonyl (C=O) groups excluding carboxylic acids is 1. The van der Waals surface area contributed by atoms with E-state index >= 15 is 0 Å². The van der Waals surface area contributed by atoms with Gasteiger partial charge in [0.05, 0.1) is 5.92 Å². The Morgan fingerprint density at radius 3 is 1.58 bits per heavy atom. The van der Waals surface area contributed by atoms with Crippen molar-refractivity contribution in [1.82, 2.24) is 0 Å². The largest absolute Gasteiger partial charge is 0.452 e. The molecular formula is C36H28O2. The molecule has 38 heavy (non-hydrogen) atoms. The van der Waals surface area contributed by atoms with Gasteiger partial charge in [0.1, 0.15) is 0 Å². The summed E-state index contributed by atoms with van der Waals surface area (Å²) < 4.78 is 6.59. The maximum absolute atomic E-state index is 14.2. The molecule has 0 saturated carbocycles. The number of carbonyl (C=O) groups is 1. The van der Waals surface area contributed by atoms with E-state index in [0.29, 0.717) is 6.42 Å². The van der Waals surface area contributed by atoms with Crippen LogP contribution in [0.3, 0.4) is 0 Å². The minimum atomic E-state index is -0.554. The first-order valence-electron chi connectivity index (χ1n) is 13.0. The highest BCUT2D eigenvalue weighted by atomic mass is 16.5. The molecule has 0 aliphatic rings. The van der Waals surface area contributed by atoms with Crippen LogP contribution in [0, 0.1) is 0 Å². The molecule has 0 spiro atoms. The Morgan fingerprint density at radius 1 is 0.526 bits per heavy atom. The second kappa shape index (κ2) is 10.7. The monoisotopic (exact) mass is 492 g/mol. The van der Waals surface area contributed by atoms with Gasteiger partial charge >= 0.3 is 5.97 Å². The Morgan fingerprint density at radius 2 is 1.00 bits per heavy atom. The second-order valence-electron chi connectivity index (χ2n) is 9.61. The lowest BCUT2D eigenvalue weighted by atomic mass is 9.90. The van der Waals surface area contributed by atoms with Gasteiger partial charge in [0, 0.05) is 11.1 Å². The Balaban J connectivity index is 1.47. The number of ether oxygens (including phenoxy) is 1. The number of esters is 1. The van der Waals surface area contributed by atoms with Crippen molar-refractivity contribution < 1.29 is 9.53 Å². The summed E-state index contributed by atoms with van der Waals surface area (Å²) >= 11 is 0. The lowest BCUT2D eigenvalue weighted by Gasteiger charge is -2.25. The summed E-state index contributed by atoms with van der Waals surface area (Å²) in [5, 5.41) is 4.41. The number of rotatable bonds is 7. The summed E-state index contributed by atoms with van der Waals surface area (Å²) in [6.45, 7) is 0. The fraction of sp³-hybridized carbons (Fsp3) is 0.0833. The van der Waals surface area contributed by atoms with E-state index in [9.17, 15) is 4.79 Å². The molecular weight excluding hydrogens is 464 g/mol. The highest BCUT2D eigenvalue weighted by molar-refractivity contribution is 5.90. The predicted octanol–water partition coefficient (Wildman–Crippen LogP) is 8.65. The molecule has 1 unspecified atom stereocenters. The van der Waals surface area contributed by atoms with Gasteiger partial charge in [-0.15, -0.1) is 0 Å². The molecule has 6 rings (SSSR count). The van der Waals surface area contributed by atoms with E-state index in [0.717, 1.165) is 43.8 Å². The SMILES string of the molecule is O=C(OC(c1cccc2ccccc12)c1cccc2ccccc12)C(Cc1ccccc1)c1ccccc1. The smallest absolute Gasteiger partial charge is 0.314 e. The molecule has 6 aromatic rings. The fourth-order valence-electron chi connectivity index (χ4n) is 5.32. The molecule has 0 radical (unpaired) electrons. The Kier molecular flexibility index (Phi) is 6.70. The molecule has 0 aromatic heterocycles. The molecule has 0 amide bonds. The Labute approximate surface area is 223 Å². The number of benzene rings is 6. The number of hydrogen-bond acceptors (Lipinski definition) is 2. The predicted molar refractivity (Wildman–Crippen MR) is 155 cm³/mol. The van der Waals surface area contributed by atoms with Crippen molar-refractivity contribution in [1.29, 1.82) is 0 Å². The lowest BCUT2D eigenvalue weighted by molar-refractivity contribution is -0.149. The van der Waals surface area contributed by atoms with E-state index in [-0.39, 0.29) is 5.97 Å². The second-order valence-corrected chi connectivity index (χ2v) is 9.61. The van der Waals surface area contributed by atoms with E-state index in [1.54, 1.807) is 0 Å². The van der Waals surface area contributed by atoms with Crippen LogP contribution in [-0.4, -0.2) is 5.97 Å². The first kappa shape index (κ1) is 23.7. The highest BCUT2D eigenvalue weighted by Gasteiger charge is 2.29. The highest BCUT2D eigenvalue weighted by Crippen LogP contribution is 2.37. The van der Waals surface area contributed by atoms with Crippen molar-refractivity contribution in [3.05, 3.63) is 168 Å². The molecule has 184 valence electrons. The van der Waals surface area contributed by atoms with E-state index < -0.39 is 12.0 Å². The zero-order valence-corrected chi connectivity index (χ0v) is 21.0. The summed E-state index contributed by atoms with van der Waals surface area (Å²) in [6.07, 6.45) is 0.0169. The third-order valence-electron chi connectivity index (χ3n) is 7.21. The molecule has 0 N–H and O–H groups in total. The zero-order chi connectivity index (χ0) is 25.7. The molecule has 0 aliphatic carbocycles. The van der Waals surface area contributed by atoms with Crippen molar-refractivity contribution >= 4 is 27.5 Å². The van der Waals surface area contributed by atoms with Crippen molar-refractivity contribution in [2.45, 2.75) is 18.4 Å². The van der Waals surface area contributed by atoms with Gasteiger partial charge in [-0.1, -0.05) is 146 Å². The van der Waals surface area contributed by atoms with E-state index in [1.165, 1.54) is 0 Å². The third-order valence-corrected chi connectivity index (χ3v) is 7.21. The maximum atomic E-state index is 14.2. The molecule has 0 saturated heterocycles. The lowest BCUT2D eigenvalue weighted by Crippen LogP contribution is -2.22. The minimum Gasteiger partial charge on any atom is -0.452 e. The molecule has 2 nitrogen and oxygen atoms in total. The molecule has 0 heterocycles. The normalized spacial score (nSPS) is 12.0. The third kappa shape index (κ3) is 4.81. The average Bonchev–Trinajstić information content (AvgIpc) is 2.99. The summed E-state index contributed by atoms with van der Waals surface area (Å²) in [5.74, 6) is -0.656. The quantitative estimate of drug-likeness (QED) is 0.208. The van der Waals surface area contributed by atoms with Crippen molar-refractivity contribution in [3.63, 3.8) is 0 Å². The van der Waals surface area contributed by atoms with E-state index in [1.807, 2.05) is 84.9 Å². The maximum Gasteiger partial charge on any atom is 0.314 e. The molecule has 0 aliphatic heterocycles. The van der Waals surface area contributed by atoms with Gasteiger partial charge in [0.15, 0.2) is 6.10 Å². The topological polar surface area (TPSA) is 26.3 Å². The molecule has 2 heteroatoms. The fourth-order valence-corrected chi connectivity index (χ4v) is 5.32.